The largest absolute Gasteiger partial charge is 0.466 e. The maximum atomic E-state index is 15.0. The van der Waals surface area contributed by atoms with Gasteiger partial charge in [-0.3, -0.25) is 9.36 Å². The SMILES string of the molecule is [C-]#[N+]c1nc(Cl)cn1CC(C)(NC(=O)OC(C)(C)C)c1cc(CC(=O)OCC)ccc1F. The van der Waals surface area contributed by atoms with E-state index in [9.17, 15) is 9.59 Å². The number of alkyl carbamates (subject to hydrolysis) is 1. The van der Waals surface area contributed by atoms with E-state index in [-0.39, 0.29) is 36.2 Å². The fourth-order valence-electron chi connectivity index (χ4n) is 3.13. The molecule has 0 saturated heterocycles. The first kappa shape index (κ1) is 25.1. The van der Waals surface area contributed by atoms with E-state index in [4.69, 9.17) is 27.6 Å². The topological polar surface area (TPSA) is 86.8 Å². The maximum Gasteiger partial charge on any atom is 0.408 e. The first-order valence-electron chi connectivity index (χ1n) is 9.92. The average molecular weight is 465 g/mol. The first-order chi connectivity index (χ1) is 14.9. The summed E-state index contributed by atoms with van der Waals surface area (Å²) in [6.07, 6.45) is 0.587. The van der Waals surface area contributed by atoms with Gasteiger partial charge in [-0.15, -0.1) is 11.6 Å². The summed E-state index contributed by atoms with van der Waals surface area (Å²) in [6, 6.07) is 4.18. The standard InChI is InChI=1S/C22H26ClFN4O4/c1-7-31-18(29)11-14-8-9-16(24)15(10-14)22(5,27-20(30)32-21(2,3)4)13-28-12-17(23)26-19(28)25-6/h8-10,12H,7,11,13H2,1-5H3,(H,27,30). The third kappa shape index (κ3) is 6.69. The molecule has 1 atom stereocenters. The van der Waals surface area contributed by atoms with Crippen LogP contribution in [-0.2, 0) is 32.8 Å². The third-order valence-corrected chi connectivity index (χ3v) is 4.55. The Morgan fingerprint density at radius 3 is 2.59 bits per heavy atom. The lowest BCUT2D eigenvalue weighted by molar-refractivity contribution is -0.142. The molecule has 0 spiro atoms. The number of nitrogens with zero attached hydrogens (tertiary/aromatic N) is 3. The van der Waals surface area contributed by atoms with Gasteiger partial charge < -0.3 is 19.6 Å². The van der Waals surface area contributed by atoms with E-state index in [0.29, 0.717) is 5.56 Å². The molecule has 10 heteroatoms. The quantitative estimate of drug-likeness (QED) is 0.471. The number of carbonyl (C=O) groups excluding carboxylic acids is 2. The molecule has 1 aromatic heterocycles. The number of imidazole rings is 1. The lowest BCUT2D eigenvalue weighted by Gasteiger charge is -2.32. The third-order valence-electron chi connectivity index (χ3n) is 4.37. The van der Waals surface area contributed by atoms with Crippen LogP contribution in [0.25, 0.3) is 4.85 Å². The number of nitrogens with one attached hydrogen (secondary N) is 1. The molecular formula is C22H26ClFN4O4. The summed E-state index contributed by atoms with van der Waals surface area (Å²) in [5.41, 5.74) is -1.55. The van der Waals surface area contributed by atoms with Crippen molar-refractivity contribution in [2.45, 2.75) is 58.7 Å². The Hall–Kier alpha value is -3.12. The van der Waals surface area contributed by atoms with E-state index in [1.807, 2.05) is 0 Å². The molecule has 0 bridgehead atoms. The van der Waals surface area contributed by atoms with Crippen LogP contribution < -0.4 is 5.32 Å². The van der Waals surface area contributed by atoms with Crippen molar-refractivity contribution >= 4 is 29.6 Å². The summed E-state index contributed by atoms with van der Waals surface area (Å²) in [5.74, 6) is -1.08. The molecule has 2 aromatic rings. The zero-order valence-corrected chi connectivity index (χ0v) is 19.4. The minimum Gasteiger partial charge on any atom is -0.466 e. The van der Waals surface area contributed by atoms with Crippen molar-refractivity contribution in [1.82, 2.24) is 14.9 Å². The van der Waals surface area contributed by atoms with Gasteiger partial charge >= 0.3 is 18.0 Å². The van der Waals surface area contributed by atoms with Gasteiger partial charge in [0.2, 0.25) is 5.15 Å². The van der Waals surface area contributed by atoms with Crippen molar-refractivity contribution < 1.29 is 23.5 Å². The Labute approximate surface area is 191 Å². The number of ether oxygens (including phenoxy) is 2. The van der Waals surface area contributed by atoms with Gasteiger partial charge in [-0.05, 0) is 63.9 Å². The predicted molar refractivity (Wildman–Crippen MR) is 117 cm³/mol. The second-order valence-corrected chi connectivity index (χ2v) is 8.75. The minimum atomic E-state index is -1.37. The molecule has 1 heterocycles. The van der Waals surface area contributed by atoms with Gasteiger partial charge in [0.1, 0.15) is 17.6 Å². The van der Waals surface area contributed by atoms with Crippen LogP contribution in [0.1, 0.15) is 45.7 Å². The highest BCUT2D eigenvalue weighted by Gasteiger charge is 2.36. The summed E-state index contributed by atoms with van der Waals surface area (Å²) in [7, 11) is 0. The number of rotatable bonds is 7. The van der Waals surface area contributed by atoms with Crippen LogP contribution >= 0.6 is 11.6 Å². The van der Waals surface area contributed by atoms with Gasteiger partial charge in [0.05, 0.1) is 25.1 Å². The Morgan fingerprint density at radius 1 is 1.31 bits per heavy atom. The zero-order valence-electron chi connectivity index (χ0n) is 18.7. The van der Waals surface area contributed by atoms with E-state index >= 15 is 4.39 Å². The van der Waals surface area contributed by atoms with Gasteiger partial charge in [-0.25, -0.2) is 9.18 Å². The lowest BCUT2D eigenvalue weighted by Crippen LogP contribution is -2.48. The molecule has 2 rings (SSSR count). The van der Waals surface area contributed by atoms with Crippen LogP contribution in [0.15, 0.2) is 24.4 Å². The van der Waals surface area contributed by atoms with Crippen LogP contribution in [0.5, 0.6) is 0 Å². The molecule has 1 unspecified atom stereocenters. The second kappa shape index (κ2) is 10.0. The fraction of sp³-hybridized carbons (Fsp3) is 0.455. The predicted octanol–water partition coefficient (Wildman–Crippen LogP) is 4.77. The van der Waals surface area contributed by atoms with Crippen LogP contribution in [0.2, 0.25) is 5.15 Å². The molecule has 0 aliphatic rings. The molecule has 8 nitrogen and oxygen atoms in total. The highest BCUT2D eigenvalue weighted by Crippen LogP contribution is 2.30. The van der Waals surface area contributed by atoms with E-state index in [1.165, 1.54) is 29.0 Å². The molecule has 1 amide bonds. The Bertz CT molecular complexity index is 1040. The number of hydrogen-bond acceptors (Lipinski definition) is 5. The molecule has 1 N–H and O–H groups in total. The van der Waals surface area contributed by atoms with E-state index in [2.05, 4.69) is 15.1 Å². The number of hydrogen-bond donors (Lipinski definition) is 1. The summed E-state index contributed by atoms with van der Waals surface area (Å²) >= 11 is 5.94. The minimum absolute atomic E-state index is 0.0182. The summed E-state index contributed by atoms with van der Waals surface area (Å²) in [5, 5.41) is 2.80. The van der Waals surface area contributed by atoms with Crippen LogP contribution in [0.4, 0.5) is 15.1 Å². The highest BCUT2D eigenvalue weighted by atomic mass is 35.5. The number of aromatic nitrogens is 2. The van der Waals surface area contributed by atoms with Gasteiger partial charge in [-0.1, -0.05) is 6.07 Å². The normalized spacial score (nSPS) is 13.1. The number of benzene rings is 1. The average Bonchev–Trinajstić information content (AvgIpc) is 3.00. The molecule has 0 saturated carbocycles. The van der Waals surface area contributed by atoms with Crippen molar-refractivity contribution in [1.29, 1.82) is 0 Å². The number of amides is 1. The van der Waals surface area contributed by atoms with Crippen molar-refractivity contribution in [2.24, 2.45) is 0 Å². The lowest BCUT2D eigenvalue weighted by atomic mass is 9.89. The number of carbonyl (C=O) groups is 2. The number of esters is 1. The van der Waals surface area contributed by atoms with Crippen LogP contribution in [0, 0.1) is 12.4 Å². The van der Waals surface area contributed by atoms with Gasteiger partial charge in [0, 0.05) is 5.56 Å². The summed E-state index contributed by atoms with van der Waals surface area (Å²) in [4.78, 5) is 31.8. The molecule has 0 aliphatic carbocycles. The van der Waals surface area contributed by atoms with Crippen molar-refractivity contribution in [3.05, 3.63) is 57.9 Å². The van der Waals surface area contributed by atoms with E-state index in [1.54, 1.807) is 34.6 Å². The molecule has 0 radical (unpaired) electrons. The monoisotopic (exact) mass is 464 g/mol. The second-order valence-electron chi connectivity index (χ2n) is 8.36. The summed E-state index contributed by atoms with van der Waals surface area (Å²) in [6.45, 7) is 15.9. The van der Waals surface area contributed by atoms with E-state index in [0.717, 1.165) is 0 Å². The first-order valence-corrected chi connectivity index (χ1v) is 10.3. The molecule has 0 fully saturated rings. The molecule has 172 valence electrons. The van der Waals surface area contributed by atoms with Gasteiger partial charge in [0.25, 0.3) is 0 Å². The smallest absolute Gasteiger partial charge is 0.408 e. The summed E-state index contributed by atoms with van der Waals surface area (Å²) < 4.78 is 26.8. The van der Waals surface area contributed by atoms with Crippen molar-refractivity contribution in [2.75, 3.05) is 6.61 Å². The Kier molecular flexibility index (Phi) is 7.86. The molecule has 1 aromatic carbocycles. The molecule has 32 heavy (non-hydrogen) atoms. The van der Waals surface area contributed by atoms with Gasteiger partial charge in [0.15, 0.2) is 0 Å². The fourth-order valence-corrected chi connectivity index (χ4v) is 3.32. The van der Waals surface area contributed by atoms with E-state index < -0.39 is 29.0 Å². The van der Waals surface area contributed by atoms with Crippen molar-refractivity contribution in [3.63, 3.8) is 0 Å². The Balaban J connectivity index is 2.51. The van der Waals surface area contributed by atoms with Crippen LogP contribution in [-0.4, -0.2) is 33.8 Å². The molecule has 0 aliphatic heterocycles. The maximum absolute atomic E-state index is 15.0. The van der Waals surface area contributed by atoms with Crippen LogP contribution in [0.3, 0.4) is 0 Å². The molecular weight excluding hydrogens is 439 g/mol. The highest BCUT2D eigenvalue weighted by molar-refractivity contribution is 6.29. The van der Waals surface area contributed by atoms with Crippen molar-refractivity contribution in [3.8, 4) is 0 Å². The Morgan fingerprint density at radius 2 is 2.00 bits per heavy atom. The van der Waals surface area contributed by atoms with Gasteiger partial charge in [-0.2, -0.15) is 0 Å². The number of halogens is 2. The zero-order chi connectivity index (χ0) is 24.1.